The molecule has 0 saturated heterocycles. The van der Waals surface area contributed by atoms with Gasteiger partial charge in [-0.15, -0.1) is 5.10 Å². The van der Waals surface area contributed by atoms with Gasteiger partial charge >= 0.3 is 5.69 Å². The van der Waals surface area contributed by atoms with E-state index in [2.05, 4.69) is 29.4 Å². The third kappa shape index (κ3) is 3.28. The van der Waals surface area contributed by atoms with E-state index in [4.69, 9.17) is 0 Å². The smallest absolute Gasteiger partial charge is 0.316 e. The lowest BCUT2D eigenvalue weighted by atomic mass is 9.75. The maximum atomic E-state index is 11.8. The number of hydrogen-bond acceptors (Lipinski definition) is 4. The second kappa shape index (κ2) is 5.93. The van der Waals surface area contributed by atoms with E-state index >= 15 is 0 Å². The molecule has 20 heavy (non-hydrogen) atoms. The summed E-state index contributed by atoms with van der Waals surface area (Å²) in [6.07, 6.45) is 3.56. The van der Waals surface area contributed by atoms with Crippen molar-refractivity contribution in [3.05, 3.63) is 10.5 Å². The number of aromatic amines is 1. The summed E-state index contributed by atoms with van der Waals surface area (Å²) in [6.45, 7) is 8.68. The molecule has 2 unspecified atom stereocenters. The Bertz CT molecular complexity index is 506. The second-order valence-electron chi connectivity index (χ2n) is 6.73. The van der Waals surface area contributed by atoms with E-state index in [0.717, 1.165) is 11.6 Å². The highest BCUT2D eigenvalue weighted by atomic mass is 32.2. The highest BCUT2D eigenvalue weighted by Gasteiger charge is 2.35. The summed E-state index contributed by atoms with van der Waals surface area (Å²) in [5.41, 5.74) is 0.253. The van der Waals surface area contributed by atoms with Crippen molar-refractivity contribution in [2.75, 3.05) is 7.05 Å². The molecule has 2 atom stereocenters. The normalized spacial score (nSPS) is 26.1. The third-order valence-electron chi connectivity index (χ3n) is 4.15. The Morgan fingerprint density at radius 3 is 2.80 bits per heavy atom. The quantitative estimate of drug-likeness (QED) is 0.896. The lowest BCUT2D eigenvalue weighted by Crippen LogP contribution is -2.43. The number of nitrogens with zero attached hydrogens (tertiary/aromatic N) is 2. The number of H-pyrrole nitrogens is 1. The van der Waals surface area contributed by atoms with Crippen molar-refractivity contribution < 1.29 is 0 Å². The van der Waals surface area contributed by atoms with Crippen molar-refractivity contribution in [2.45, 2.75) is 69.4 Å². The lowest BCUT2D eigenvalue weighted by molar-refractivity contribution is 0.218. The van der Waals surface area contributed by atoms with Crippen molar-refractivity contribution in [3.63, 3.8) is 0 Å². The van der Waals surface area contributed by atoms with Gasteiger partial charge in [0.05, 0.1) is 0 Å². The number of hydrogen-bond donors (Lipinski definition) is 2. The Morgan fingerprint density at radius 2 is 2.20 bits per heavy atom. The maximum Gasteiger partial charge on any atom is 0.344 e. The van der Waals surface area contributed by atoms with E-state index in [-0.39, 0.29) is 11.7 Å². The Kier molecular flexibility index (Phi) is 4.64. The molecule has 0 amide bonds. The molecule has 0 spiro atoms. The molecule has 114 valence electrons. The largest absolute Gasteiger partial charge is 0.344 e. The molecule has 6 heteroatoms. The third-order valence-corrected chi connectivity index (χ3v) is 5.45. The predicted octanol–water partition coefficient (Wildman–Crippen LogP) is 2.41. The van der Waals surface area contributed by atoms with Crippen molar-refractivity contribution in [1.29, 1.82) is 0 Å². The molecule has 1 saturated carbocycles. The molecule has 1 fully saturated rings. The van der Waals surface area contributed by atoms with Gasteiger partial charge in [-0.2, -0.15) is 0 Å². The predicted molar refractivity (Wildman–Crippen MR) is 83.4 cm³/mol. The molecule has 5 nitrogen and oxygen atoms in total. The Balaban J connectivity index is 2.21. The van der Waals surface area contributed by atoms with Crippen LogP contribution in [0, 0.1) is 5.41 Å². The summed E-state index contributed by atoms with van der Waals surface area (Å²) in [5.74, 6) is 0. The first-order valence-electron chi connectivity index (χ1n) is 7.35. The zero-order valence-electron chi connectivity index (χ0n) is 13.1. The Labute approximate surface area is 124 Å². The lowest BCUT2D eigenvalue weighted by Gasteiger charge is -2.40. The molecule has 1 aromatic heterocycles. The molecule has 0 aliphatic heterocycles. The van der Waals surface area contributed by atoms with Crippen LogP contribution in [0.4, 0.5) is 0 Å². The summed E-state index contributed by atoms with van der Waals surface area (Å²) >= 11 is 1.73. The summed E-state index contributed by atoms with van der Waals surface area (Å²) < 4.78 is 1.75. The molecule has 1 heterocycles. The van der Waals surface area contributed by atoms with Crippen LogP contribution in [-0.2, 0) is 0 Å². The fourth-order valence-corrected chi connectivity index (χ4v) is 4.69. The van der Waals surface area contributed by atoms with Crippen LogP contribution in [0.15, 0.2) is 9.95 Å². The van der Waals surface area contributed by atoms with Crippen molar-refractivity contribution in [3.8, 4) is 0 Å². The van der Waals surface area contributed by atoms with E-state index in [0.29, 0.717) is 16.7 Å². The fraction of sp³-hybridized carbons (Fsp3) is 0.857. The van der Waals surface area contributed by atoms with Gasteiger partial charge in [0.1, 0.15) is 0 Å². The van der Waals surface area contributed by atoms with Crippen LogP contribution in [0.5, 0.6) is 0 Å². The van der Waals surface area contributed by atoms with Gasteiger partial charge in [0.2, 0.25) is 0 Å². The minimum absolute atomic E-state index is 0.112. The van der Waals surface area contributed by atoms with Crippen molar-refractivity contribution >= 4 is 11.8 Å². The first-order valence-corrected chi connectivity index (χ1v) is 8.23. The Hall–Kier alpha value is -0.750. The van der Waals surface area contributed by atoms with Crippen LogP contribution in [-0.4, -0.2) is 33.1 Å². The molecule has 2 rings (SSSR count). The van der Waals surface area contributed by atoms with Crippen molar-refractivity contribution in [2.24, 2.45) is 5.41 Å². The maximum absolute atomic E-state index is 11.8. The molecular weight excluding hydrogens is 272 g/mol. The van der Waals surface area contributed by atoms with E-state index in [9.17, 15) is 4.79 Å². The van der Waals surface area contributed by atoms with E-state index in [1.54, 1.807) is 16.3 Å². The molecule has 1 aliphatic rings. The highest BCUT2D eigenvalue weighted by Crippen LogP contribution is 2.42. The van der Waals surface area contributed by atoms with Gasteiger partial charge < -0.3 is 5.32 Å². The molecule has 2 N–H and O–H groups in total. The van der Waals surface area contributed by atoms with Gasteiger partial charge in [0.25, 0.3) is 0 Å². The minimum atomic E-state index is -0.112. The molecule has 0 bridgehead atoms. The first-order chi connectivity index (χ1) is 9.34. The van der Waals surface area contributed by atoms with Gasteiger partial charge in [-0.25, -0.2) is 9.89 Å². The van der Waals surface area contributed by atoms with E-state index in [1.807, 2.05) is 20.9 Å². The van der Waals surface area contributed by atoms with E-state index in [1.165, 1.54) is 12.8 Å². The van der Waals surface area contributed by atoms with Gasteiger partial charge in [-0.05, 0) is 45.6 Å². The van der Waals surface area contributed by atoms with Crippen LogP contribution < -0.4 is 11.0 Å². The van der Waals surface area contributed by atoms with Crippen LogP contribution in [0.3, 0.4) is 0 Å². The van der Waals surface area contributed by atoms with Crippen LogP contribution in [0.1, 0.15) is 53.0 Å². The summed E-state index contributed by atoms with van der Waals surface area (Å²) in [7, 11) is 2.02. The van der Waals surface area contributed by atoms with Crippen LogP contribution in [0.25, 0.3) is 0 Å². The van der Waals surface area contributed by atoms with E-state index < -0.39 is 0 Å². The van der Waals surface area contributed by atoms with Gasteiger partial charge in [-0.3, -0.25) is 4.57 Å². The molecule has 1 aromatic rings. The zero-order chi connectivity index (χ0) is 14.9. The monoisotopic (exact) mass is 298 g/mol. The number of thioether (sulfide) groups is 1. The second-order valence-corrected chi connectivity index (χ2v) is 7.94. The Morgan fingerprint density at radius 1 is 1.50 bits per heavy atom. The first kappa shape index (κ1) is 15.6. The fourth-order valence-electron chi connectivity index (χ4n) is 2.94. The SMILES string of the molecule is CNC1CCC(C)(C)CC1Sc1n[nH]c(=O)n1C(C)C. The number of aromatic nitrogens is 3. The standard InChI is InChI=1S/C14H26N4OS/c1-9(2)18-12(19)16-17-13(18)20-11-8-14(3,4)7-6-10(11)15-5/h9-11,15H,6-8H2,1-5H3,(H,16,19). The zero-order valence-corrected chi connectivity index (χ0v) is 13.9. The molecule has 1 aliphatic carbocycles. The number of rotatable bonds is 4. The highest BCUT2D eigenvalue weighted by molar-refractivity contribution is 7.99. The van der Waals surface area contributed by atoms with Crippen LogP contribution >= 0.6 is 11.8 Å². The molecular formula is C14H26N4OS. The van der Waals surface area contributed by atoms with Gasteiger partial charge in [-0.1, -0.05) is 25.6 Å². The van der Waals surface area contributed by atoms with Crippen molar-refractivity contribution in [1.82, 2.24) is 20.1 Å². The number of nitrogens with one attached hydrogen (secondary N) is 2. The van der Waals surface area contributed by atoms with Crippen LogP contribution in [0.2, 0.25) is 0 Å². The topological polar surface area (TPSA) is 62.7 Å². The summed E-state index contributed by atoms with van der Waals surface area (Å²) in [4.78, 5) is 11.8. The minimum Gasteiger partial charge on any atom is -0.316 e. The molecule has 0 radical (unpaired) electrons. The average Bonchev–Trinajstić information content (AvgIpc) is 2.70. The summed E-state index contributed by atoms with van der Waals surface area (Å²) in [6, 6.07) is 0.619. The summed E-state index contributed by atoms with van der Waals surface area (Å²) in [5, 5.41) is 11.5. The van der Waals surface area contributed by atoms with Gasteiger partial charge in [0.15, 0.2) is 5.16 Å². The van der Waals surface area contributed by atoms with Gasteiger partial charge in [0, 0.05) is 17.3 Å². The average molecular weight is 298 g/mol. The molecule has 0 aromatic carbocycles.